The Morgan fingerprint density at radius 1 is 1.17 bits per heavy atom. The van der Waals surface area contributed by atoms with Crippen LogP contribution in [0.4, 0.5) is 5.82 Å². The fourth-order valence-electron chi connectivity index (χ4n) is 1.88. The predicted octanol–water partition coefficient (Wildman–Crippen LogP) is 3.65. The van der Waals surface area contributed by atoms with Crippen LogP contribution < -0.4 is 10.1 Å². The fraction of sp³-hybridized carbons (Fsp3) is 0.267. The summed E-state index contributed by atoms with van der Waals surface area (Å²) in [6, 6.07) is 14.3. The van der Waals surface area contributed by atoms with Gasteiger partial charge in [0.25, 0.3) is 0 Å². The molecule has 3 nitrogen and oxygen atoms in total. The minimum Gasteiger partial charge on any atom is -0.497 e. The van der Waals surface area contributed by atoms with Crippen molar-refractivity contribution >= 4 is 5.82 Å². The zero-order valence-electron chi connectivity index (χ0n) is 10.8. The van der Waals surface area contributed by atoms with Gasteiger partial charge in [-0.3, -0.25) is 0 Å². The van der Waals surface area contributed by atoms with E-state index in [1.165, 1.54) is 5.56 Å². The molecule has 1 heterocycles. The first-order valence-electron chi connectivity index (χ1n) is 6.15. The van der Waals surface area contributed by atoms with Crippen LogP contribution in [-0.4, -0.2) is 12.1 Å². The Kier molecular flexibility index (Phi) is 4.18. The van der Waals surface area contributed by atoms with Gasteiger partial charge < -0.3 is 10.1 Å². The van der Waals surface area contributed by atoms with Crippen LogP contribution in [0.25, 0.3) is 0 Å². The number of methoxy groups -OCH3 is 1. The maximum Gasteiger partial charge on any atom is 0.126 e. The first-order chi connectivity index (χ1) is 8.83. The second-order valence-electron chi connectivity index (χ2n) is 4.09. The molecular weight excluding hydrogens is 224 g/mol. The molecule has 0 saturated carbocycles. The van der Waals surface area contributed by atoms with E-state index in [-0.39, 0.29) is 6.04 Å². The molecule has 94 valence electrons. The Morgan fingerprint density at radius 2 is 1.94 bits per heavy atom. The first kappa shape index (κ1) is 12.4. The lowest BCUT2D eigenvalue weighted by Gasteiger charge is -2.18. The number of pyridine rings is 1. The van der Waals surface area contributed by atoms with Gasteiger partial charge in [0.1, 0.15) is 11.6 Å². The summed E-state index contributed by atoms with van der Waals surface area (Å²) in [5.74, 6) is 1.78. The van der Waals surface area contributed by atoms with Crippen LogP contribution in [0.3, 0.4) is 0 Å². The molecule has 0 amide bonds. The van der Waals surface area contributed by atoms with E-state index in [0.717, 1.165) is 18.0 Å². The van der Waals surface area contributed by atoms with E-state index in [1.54, 1.807) is 13.3 Å². The Morgan fingerprint density at radius 3 is 2.50 bits per heavy atom. The molecule has 1 aromatic heterocycles. The lowest BCUT2D eigenvalue weighted by Crippen LogP contribution is -2.10. The van der Waals surface area contributed by atoms with Crippen molar-refractivity contribution in [2.24, 2.45) is 0 Å². The number of anilines is 1. The zero-order chi connectivity index (χ0) is 12.8. The molecule has 1 aromatic carbocycles. The molecule has 0 spiro atoms. The molecule has 0 aliphatic heterocycles. The van der Waals surface area contributed by atoms with Crippen molar-refractivity contribution in [3.8, 4) is 5.75 Å². The number of aromatic nitrogens is 1. The van der Waals surface area contributed by atoms with E-state index in [1.807, 2.05) is 30.3 Å². The Bertz CT molecular complexity index is 468. The Labute approximate surface area is 108 Å². The third kappa shape index (κ3) is 3.00. The van der Waals surface area contributed by atoms with E-state index in [9.17, 15) is 0 Å². The van der Waals surface area contributed by atoms with Crippen LogP contribution in [0.5, 0.6) is 5.75 Å². The van der Waals surface area contributed by atoms with Gasteiger partial charge in [-0.15, -0.1) is 0 Å². The average Bonchev–Trinajstić information content (AvgIpc) is 2.46. The molecule has 0 bridgehead atoms. The Balaban J connectivity index is 2.12. The second-order valence-corrected chi connectivity index (χ2v) is 4.09. The molecule has 1 unspecified atom stereocenters. The fourth-order valence-corrected chi connectivity index (χ4v) is 1.88. The summed E-state index contributed by atoms with van der Waals surface area (Å²) < 4.78 is 5.17. The summed E-state index contributed by atoms with van der Waals surface area (Å²) in [6.07, 6.45) is 2.80. The summed E-state index contributed by atoms with van der Waals surface area (Å²) in [7, 11) is 1.68. The normalized spacial score (nSPS) is 11.9. The van der Waals surface area contributed by atoms with Crippen molar-refractivity contribution in [1.82, 2.24) is 4.98 Å². The summed E-state index contributed by atoms with van der Waals surface area (Å²) in [5, 5.41) is 3.43. The number of rotatable bonds is 5. The van der Waals surface area contributed by atoms with Crippen molar-refractivity contribution in [2.75, 3.05) is 12.4 Å². The third-order valence-corrected chi connectivity index (χ3v) is 2.91. The quantitative estimate of drug-likeness (QED) is 0.869. The molecule has 2 aromatic rings. The van der Waals surface area contributed by atoms with Gasteiger partial charge in [-0.25, -0.2) is 4.98 Å². The molecule has 0 radical (unpaired) electrons. The largest absolute Gasteiger partial charge is 0.497 e. The monoisotopic (exact) mass is 242 g/mol. The van der Waals surface area contributed by atoms with Crippen LogP contribution in [0.15, 0.2) is 48.7 Å². The predicted molar refractivity (Wildman–Crippen MR) is 73.9 cm³/mol. The molecule has 3 heteroatoms. The Hall–Kier alpha value is -2.03. The summed E-state index contributed by atoms with van der Waals surface area (Å²) in [4.78, 5) is 4.29. The highest BCUT2D eigenvalue weighted by Crippen LogP contribution is 2.23. The molecule has 2 rings (SSSR count). The van der Waals surface area contributed by atoms with Crippen molar-refractivity contribution in [1.29, 1.82) is 0 Å². The highest BCUT2D eigenvalue weighted by atomic mass is 16.5. The summed E-state index contributed by atoms with van der Waals surface area (Å²) >= 11 is 0. The van der Waals surface area contributed by atoms with Crippen LogP contribution in [0.2, 0.25) is 0 Å². The summed E-state index contributed by atoms with van der Waals surface area (Å²) in [6.45, 7) is 2.16. The standard InChI is InChI=1S/C15H18N2O/c1-3-14(17-15-6-4-5-11-16-15)12-7-9-13(18-2)10-8-12/h4-11,14H,3H2,1-2H3,(H,16,17). The van der Waals surface area contributed by atoms with Crippen LogP contribution in [-0.2, 0) is 0 Å². The maximum atomic E-state index is 5.17. The number of nitrogens with zero attached hydrogens (tertiary/aromatic N) is 1. The van der Waals surface area contributed by atoms with Crippen molar-refractivity contribution in [2.45, 2.75) is 19.4 Å². The van der Waals surface area contributed by atoms with Crippen LogP contribution >= 0.6 is 0 Å². The molecule has 18 heavy (non-hydrogen) atoms. The average molecular weight is 242 g/mol. The molecule has 1 atom stereocenters. The smallest absolute Gasteiger partial charge is 0.126 e. The molecular formula is C15H18N2O. The lowest BCUT2D eigenvalue weighted by molar-refractivity contribution is 0.414. The van der Waals surface area contributed by atoms with Crippen molar-refractivity contribution in [3.05, 3.63) is 54.2 Å². The van der Waals surface area contributed by atoms with Gasteiger partial charge in [0.15, 0.2) is 0 Å². The molecule has 0 aliphatic rings. The number of benzene rings is 1. The van der Waals surface area contributed by atoms with E-state index in [0.29, 0.717) is 0 Å². The van der Waals surface area contributed by atoms with Crippen molar-refractivity contribution < 1.29 is 4.74 Å². The van der Waals surface area contributed by atoms with Crippen molar-refractivity contribution in [3.63, 3.8) is 0 Å². The van der Waals surface area contributed by atoms with Gasteiger partial charge in [0, 0.05) is 6.20 Å². The van der Waals surface area contributed by atoms with Gasteiger partial charge in [0.05, 0.1) is 13.2 Å². The topological polar surface area (TPSA) is 34.2 Å². The lowest BCUT2D eigenvalue weighted by atomic mass is 10.0. The van der Waals surface area contributed by atoms with Gasteiger partial charge in [-0.2, -0.15) is 0 Å². The SMILES string of the molecule is CCC(Nc1ccccn1)c1ccc(OC)cc1. The van der Waals surface area contributed by atoms with Gasteiger partial charge >= 0.3 is 0 Å². The number of nitrogens with one attached hydrogen (secondary N) is 1. The van der Waals surface area contributed by atoms with Gasteiger partial charge in [-0.1, -0.05) is 25.1 Å². The number of ether oxygens (including phenoxy) is 1. The first-order valence-corrected chi connectivity index (χ1v) is 6.15. The van der Waals surface area contributed by atoms with Crippen LogP contribution in [0, 0.1) is 0 Å². The van der Waals surface area contributed by atoms with Crippen LogP contribution in [0.1, 0.15) is 24.9 Å². The minimum absolute atomic E-state index is 0.269. The maximum absolute atomic E-state index is 5.17. The zero-order valence-corrected chi connectivity index (χ0v) is 10.8. The molecule has 0 fully saturated rings. The highest BCUT2D eigenvalue weighted by molar-refractivity contribution is 5.39. The summed E-state index contributed by atoms with van der Waals surface area (Å²) in [5.41, 5.74) is 1.24. The van der Waals surface area contributed by atoms with E-state index in [2.05, 4.69) is 29.4 Å². The molecule has 1 N–H and O–H groups in total. The van der Waals surface area contributed by atoms with E-state index in [4.69, 9.17) is 4.74 Å². The number of hydrogen-bond donors (Lipinski definition) is 1. The second kappa shape index (κ2) is 6.05. The van der Waals surface area contributed by atoms with E-state index >= 15 is 0 Å². The van der Waals surface area contributed by atoms with Gasteiger partial charge in [0.2, 0.25) is 0 Å². The van der Waals surface area contributed by atoms with Gasteiger partial charge in [-0.05, 0) is 36.2 Å². The minimum atomic E-state index is 0.269. The molecule has 0 aliphatic carbocycles. The number of hydrogen-bond acceptors (Lipinski definition) is 3. The third-order valence-electron chi connectivity index (χ3n) is 2.91. The highest BCUT2D eigenvalue weighted by Gasteiger charge is 2.09. The van der Waals surface area contributed by atoms with E-state index < -0.39 is 0 Å². The molecule has 0 saturated heterocycles.